The summed E-state index contributed by atoms with van der Waals surface area (Å²) in [6, 6.07) is 10.3. The number of halogens is 1. The molecule has 0 radical (unpaired) electrons. The number of rotatable bonds is 13. The molecule has 1 amide bonds. The van der Waals surface area contributed by atoms with Crippen LogP contribution < -0.4 is 24.8 Å². The number of carbonyl (C=O) groups excluding carboxylic acids is 1. The highest BCUT2D eigenvalue weighted by Crippen LogP contribution is 2.25. The van der Waals surface area contributed by atoms with Gasteiger partial charge in [-0.2, -0.15) is 0 Å². The van der Waals surface area contributed by atoms with Crippen LogP contribution in [-0.4, -0.2) is 61.2 Å². The van der Waals surface area contributed by atoms with Gasteiger partial charge in [-0.25, -0.2) is 14.4 Å². The quantitative estimate of drug-likeness (QED) is 0.365. The van der Waals surface area contributed by atoms with Crippen molar-refractivity contribution in [2.75, 3.05) is 45.7 Å². The number of benzene rings is 2. The van der Waals surface area contributed by atoms with Gasteiger partial charge < -0.3 is 29.7 Å². The summed E-state index contributed by atoms with van der Waals surface area (Å²) >= 11 is 0. The van der Waals surface area contributed by atoms with Crippen LogP contribution in [0.2, 0.25) is 0 Å². The summed E-state index contributed by atoms with van der Waals surface area (Å²) in [4.78, 5) is 22.7. The summed E-state index contributed by atoms with van der Waals surface area (Å²) < 4.78 is 31.1. The Morgan fingerprint density at radius 2 is 1.72 bits per heavy atom. The van der Waals surface area contributed by atoms with Crippen LogP contribution >= 0.6 is 0 Å². The van der Waals surface area contributed by atoms with E-state index in [0.29, 0.717) is 18.3 Å². The van der Waals surface area contributed by atoms with E-state index in [1.807, 2.05) is 24.3 Å². The number of anilines is 2. The predicted molar refractivity (Wildman–Crippen MR) is 136 cm³/mol. The third-order valence-electron chi connectivity index (χ3n) is 5.53. The van der Waals surface area contributed by atoms with Gasteiger partial charge >= 0.3 is 0 Å². The Morgan fingerprint density at radius 3 is 2.33 bits per heavy atom. The average molecular weight is 498 g/mol. The molecule has 3 rings (SSSR count). The molecule has 2 aromatic carbocycles. The van der Waals surface area contributed by atoms with Crippen molar-refractivity contribution >= 4 is 17.5 Å². The molecule has 36 heavy (non-hydrogen) atoms. The summed E-state index contributed by atoms with van der Waals surface area (Å²) in [7, 11) is 2.84. The standard InChI is InChI=1S/C26H32FN5O4/c1-5-32(6-2)11-12-35-21-9-7-20(8-10-21)31-26-29-15-22(16-30-26)36-17-19-13-18(25(33)28-3)14-23(34-4)24(19)27/h7-10,13-16H,5-6,11-12,17H2,1-4H3,(H,28,33)(H,29,30,31). The second-order valence-corrected chi connectivity index (χ2v) is 7.79. The summed E-state index contributed by atoms with van der Waals surface area (Å²) in [6.45, 7) is 7.66. The van der Waals surface area contributed by atoms with Crippen LogP contribution in [0.4, 0.5) is 16.0 Å². The number of methoxy groups -OCH3 is 1. The van der Waals surface area contributed by atoms with Crippen molar-refractivity contribution < 1.29 is 23.4 Å². The van der Waals surface area contributed by atoms with Crippen LogP contribution in [0.25, 0.3) is 0 Å². The zero-order chi connectivity index (χ0) is 25.9. The average Bonchev–Trinajstić information content (AvgIpc) is 2.91. The fourth-order valence-corrected chi connectivity index (χ4v) is 3.40. The van der Waals surface area contributed by atoms with Gasteiger partial charge in [-0.15, -0.1) is 0 Å². The summed E-state index contributed by atoms with van der Waals surface area (Å²) in [6.07, 6.45) is 2.97. The second-order valence-electron chi connectivity index (χ2n) is 7.79. The lowest BCUT2D eigenvalue weighted by molar-refractivity contribution is 0.0962. The van der Waals surface area contributed by atoms with Gasteiger partial charge in [0.25, 0.3) is 5.91 Å². The van der Waals surface area contributed by atoms with Crippen LogP contribution in [-0.2, 0) is 6.61 Å². The lowest BCUT2D eigenvalue weighted by atomic mass is 10.1. The van der Waals surface area contributed by atoms with Crippen molar-refractivity contribution in [3.8, 4) is 17.2 Å². The molecule has 9 nitrogen and oxygen atoms in total. The van der Waals surface area contributed by atoms with E-state index in [1.54, 1.807) is 0 Å². The lowest BCUT2D eigenvalue weighted by Gasteiger charge is -2.18. The third kappa shape index (κ3) is 7.29. The molecule has 1 aromatic heterocycles. The van der Waals surface area contributed by atoms with Crippen molar-refractivity contribution in [1.82, 2.24) is 20.2 Å². The smallest absolute Gasteiger partial charge is 0.251 e. The van der Waals surface area contributed by atoms with Gasteiger partial charge in [-0.1, -0.05) is 13.8 Å². The van der Waals surface area contributed by atoms with Crippen molar-refractivity contribution in [3.05, 3.63) is 65.7 Å². The summed E-state index contributed by atoms with van der Waals surface area (Å²) in [5.41, 5.74) is 1.25. The van der Waals surface area contributed by atoms with Gasteiger partial charge in [0.2, 0.25) is 5.95 Å². The number of hydrogen-bond acceptors (Lipinski definition) is 8. The number of aromatic nitrogens is 2. The Kier molecular flexibility index (Phi) is 9.82. The normalized spacial score (nSPS) is 10.7. The van der Waals surface area contributed by atoms with E-state index in [1.165, 1.54) is 38.7 Å². The molecule has 0 unspecified atom stereocenters. The van der Waals surface area contributed by atoms with Gasteiger partial charge in [0, 0.05) is 30.4 Å². The van der Waals surface area contributed by atoms with E-state index in [4.69, 9.17) is 14.2 Å². The van der Waals surface area contributed by atoms with E-state index >= 15 is 0 Å². The molecular weight excluding hydrogens is 465 g/mol. The first-order valence-corrected chi connectivity index (χ1v) is 11.7. The highest BCUT2D eigenvalue weighted by molar-refractivity contribution is 5.94. The van der Waals surface area contributed by atoms with Gasteiger partial charge in [0.1, 0.15) is 19.0 Å². The fraction of sp³-hybridized carbons (Fsp3) is 0.346. The van der Waals surface area contributed by atoms with Gasteiger partial charge in [-0.3, -0.25) is 4.79 Å². The van der Waals surface area contributed by atoms with Crippen molar-refractivity contribution in [3.63, 3.8) is 0 Å². The summed E-state index contributed by atoms with van der Waals surface area (Å²) in [5.74, 6) is 0.540. The number of hydrogen-bond donors (Lipinski definition) is 2. The number of nitrogens with zero attached hydrogens (tertiary/aromatic N) is 3. The number of carbonyl (C=O) groups is 1. The number of ether oxygens (including phenoxy) is 3. The molecule has 3 aromatic rings. The maximum Gasteiger partial charge on any atom is 0.251 e. The molecule has 1 heterocycles. The van der Waals surface area contributed by atoms with Crippen LogP contribution in [0.3, 0.4) is 0 Å². The SMILES string of the molecule is CCN(CC)CCOc1ccc(Nc2ncc(OCc3cc(C(=O)NC)cc(OC)c3F)cn2)cc1. The minimum absolute atomic E-state index is 0.0363. The number of nitrogens with one attached hydrogen (secondary N) is 2. The monoisotopic (exact) mass is 497 g/mol. The predicted octanol–water partition coefficient (Wildman–Crippen LogP) is 4.03. The highest BCUT2D eigenvalue weighted by Gasteiger charge is 2.15. The van der Waals surface area contributed by atoms with E-state index in [-0.39, 0.29) is 29.4 Å². The first-order valence-electron chi connectivity index (χ1n) is 11.7. The van der Waals surface area contributed by atoms with Crippen molar-refractivity contribution in [2.24, 2.45) is 0 Å². The van der Waals surface area contributed by atoms with Crippen molar-refractivity contribution in [1.29, 1.82) is 0 Å². The van der Waals surface area contributed by atoms with E-state index in [9.17, 15) is 9.18 Å². The maximum atomic E-state index is 14.6. The zero-order valence-corrected chi connectivity index (χ0v) is 21.0. The van der Waals surface area contributed by atoms with Gasteiger partial charge in [0.15, 0.2) is 17.3 Å². The Labute approximate surface area is 210 Å². The first kappa shape index (κ1) is 26.7. The molecule has 0 saturated carbocycles. The molecule has 0 spiro atoms. The van der Waals surface area contributed by atoms with Gasteiger partial charge in [-0.05, 0) is 49.5 Å². The van der Waals surface area contributed by atoms with Crippen LogP contribution in [0, 0.1) is 5.82 Å². The molecule has 0 bridgehead atoms. The maximum absolute atomic E-state index is 14.6. The molecule has 0 aliphatic heterocycles. The van der Waals surface area contributed by atoms with Crippen molar-refractivity contribution in [2.45, 2.75) is 20.5 Å². The molecule has 0 aliphatic rings. The minimum Gasteiger partial charge on any atom is -0.494 e. The number of amides is 1. The van der Waals surface area contributed by atoms with E-state index < -0.39 is 5.82 Å². The zero-order valence-electron chi connectivity index (χ0n) is 21.0. The lowest BCUT2D eigenvalue weighted by Crippen LogP contribution is -2.27. The van der Waals surface area contributed by atoms with E-state index in [0.717, 1.165) is 31.1 Å². The molecule has 2 N–H and O–H groups in total. The highest BCUT2D eigenvalue weighted by atomic mass is 19.1. The Hall–Kier alpha value is -3.92. The topological polar surface area (TPSA) is 97.8 Å². The largest absolute Gasteiger partial charge is 0.494 e. The number of likely N-dealkylation sites (N-methyl/N-ethyl adjacent to an activating group) is 1. The minimum atomic E-state index is -0.593. The summed E-state index contributed by atoms with van der Waals surface area (Å²) in [5, 5.41) is 5.62. The Bertz CT molecular complexity index is 1120. The fourth-order valence-electron chi connectivity index (χ4n) is 3.40. The molecule has 0 saturated heterocycles. The molecule has 192 valence electrons. The Balaban J connectivity index is 1.55. The van der Waals surface area contributed by atoms with Crippen LogP contribution in [0.1, 0.15) is 29.8 Å². The molecule has 0 atom stereocenters. The van der Waals surface area contributed by atoms with Crippen LogP contribution in [0.5, 0.6) is 17.2 Å². The van der Waals surface area contributed by atoms with E-state index in [2.05, 4.69) is 39.3 Å². The third-order valence-corrected chi connectivity index (χ3v) is 5.53. The molecule has 10 heteroatoms. The van der Waals surface area contributed by atoms with Gasteiger partial charge in [0.05, 0.1) is 19.5 Å². The molecule has 0 aliphatic carbocycles. The Morgan fingerprint density at radius 1 is 1.03 bits per heavy atom. The molecule has 0 fully saturated rings. The van der Waals surface area contributed by atoms with Crippen LogP contribution in [0.15, 0.2) is 48.8 Å². The first-order chi connectivity index (χ1) is 17.5. The second kappa shape index (κ2) is 13.2. The molecular formula is C26H32FN5O4.